The molecular formula is C16H16ClN3O3S. The van der Waals surface area contributed by atoms with E-state index in [0.717, 1.165) is 0 Å². The Morgan fingerprint density at radius 2 is 2.25 bits per heavy atom. The molecule has 2 aromatic rings. The summed E-state index contributed by atoms with van der Waals surface area (Å²) in [7, 11) is -3.02. The first-order valence-corrected chi connectivity index (χ1v) is 9.65. The topological polar surface area (TPSA) is 81.9 Å². The average Bonchev–Trinajstić information content (AvgIpc) is 3.05. The van der Waals surface area contributed by atoms with Gasteiger partial charge in [0.25, 0.3) is 0 Å². The van der Waals surface area contributed by atoms with E-state index >= 15 is 0 Å². The minimum atomic E-state index is -3.02. The van der Waals surface area contributed by atoms with E-state index in [9.17, 15) is 13.2 Å². The van der Waals surface area contributed by atoms with Gasteiger partial charge in [0.1, 0.15) is 5.15 Å². The van der Waals surface area contributed by atoms with Gasteiger partial charge in [0.05, 0.1) is 23.2 Å². The molecule has 0 unspecified atom stereocenters. The second kappa shape index (κ2) is 6.49. The minimum absolute atomic E-state index is 0.0472. The Labute approximate surface area is 145 Å². The van der Waals surface area contributed by atoms with E-state index in [1.807, 2.05) is 0 Å². The normalized spacial score (nSPS) is 19.8. The molecule has 0 bridgehead atoms. The number of rotatable bonds is 4. The highest BCUT2D eigenvalue weighted by Gasteiger charge is 2.31. The molecule has 0 radical (unpaired) electrons. The van der Waals surface area contributed by atoms with Crippen molar-refractivity contribution in [3.8, 4) is 0 Å². The molecule has 0 spiro atoms. The molecule has 3 heterocycles. The number of nitrogens with zero attached hydrogens (tertiary/aromatic N) is 3. The maximum absolute atomic E-state index is 12.1. The highest BCUT2D eigenvalue weighted by Crippen LogP contribution is 2.30. The van der Waals surface area contributed by atoms with E-state index in [0.29, 0.717) is 28.4 Å². The van der Waals surface area contributed by atoms with E-state index < -0.39 is 9.84 Å². The second-order valence-corrected chi connectivity index (χ2v) is 8.32. The fraction of sp³-hybridized carbons (Fsp3) is 0.312. The molecule has 126 valence electrons. The maximum Gasteiger partial charge on any atom is 0.187 e. The lowest BCUT2D eigenvalue weighted by Gasteiger charge is -2.09. The van der Waals surface area contributed by atoms with Crippen molar-refractivity contribution in [3.05, 3.63) is 52.6 Å². The number of carbonyl (C=O) groups excluding carboxylic acids is 1. The summed E-state index contributed by atoms with van der Waals surface area (Å²) in [5, 5.41) is 4.71. The van der Waals surface area contributed by atoms with E-state index in [1.165, 1.54) is 12.3 Å². The Morgan fingerprint density at radius 1 is 1.46 bits per heavy atom. The summed E-state index contributed by atoms with van der Waals surface area (Å²) < 4.78 is 24.8. The molecule has 1 saturated heterocycles. The highest BCUT2D eigenvalue weighted by atomic mass is 35.5. The third-order valence-electron chi connectivity index (χ3n) is 3.97. The van der Waals surface area contributed by atoms with Crippen LogP contribution in [0.4, 0.5) is 0 Å². The van der Waals surface area contributed by atoms with Gasteiger partial charge in [0, 0.05) is 23.5 Å². The van der Waals surface area contributed by atoms with Gasteiger partial charge in [-0.1, -0.05) is 11.6 Å². The average molecular weight is 366 g/mol. The van der Waals surface area contributed by atoms with Crippen LogP contribution in [0.1, 0.15) is 34.1 Å². The lowest BCUT2D eigenvalue weighted by atomic mass is 10.1. The van der Waals surface area contributed by atoms with Crippen molar-refractivity contribution in [2.45, 2.75) is 19.4 Å². The minimum Gasteiger partial charge on any atom is -0.289 e. The summed E-state index contributed by atoms with van der Waals surface area (Å²) in [6.07, 6.45) is 6.62. The number of aryl methyl sites for hydroxylation is 1. The SMILES string of the molecule is Cc1nn([C@@H]2CCS(=O)(=O)C2)c(Cl)c1/C=C/C(=O)c1cccnc1. The molecule has 0 amide bonds. The Morgan fingerprint density at radius 3 is 2.88 bits per heavy atom. The maximum atomic E-state index is 12.1. The molecule has 8 heteroatoms. The van der Waals surface area contributed by atoms with E-state index in [1.54, 1.807) is 36.0 Å². The summed E-state index contributed by atoms with van der Waals surface area (Å²) in [5.41, 5.74) is 1.76. The smallest absolute Gasteiger partial charge is 0.187 e. The third kappa shape index (κ3) is 3.42. The Hall–Kier alpha value is -1.99. The Kier molecular flexibility index (Phi) is 4.56. The molecule has 1 atom stereocenters. The van der Waals surface area contributed by atoms with Crippen LogP contribution in [0.3, 0.4) is 0 Å². The molecule has 6 nitrogen and oxygen atoms in total. The first-order chi connectivity index (χ1) is 11.4. The molecule has 0 aromatic carbocycles. The van der Waals surface area contributed by atoms with Crippen LogP contribution in [-0.4, -0.2) is 40.5 Å². The van der Waals surface area contributed by atoms with Crippen LogP contribution in [0.2, 0.25) is 5.15 Å². The van der Waals surface area contributed by atoms with Crippen LogP contribution in [0.15, 0.2) is 30.6 Å². The van der Waals surface area contributed by atoms with Crippen LogP contribution in [0.25, 0.3) is 6.08 Å². The van der Waals surface area contributed by atoms with Crippen molar-refractivity contribution in [2.24, 2.45) is 0 Å². The number of sulfone groups is 1. The summed E-state index contributed by atoms with van der Waals surface area (Å²) in [6.45, 7) is 1.78. The van der Waals surface area contributed by atoms with E-state index in [2.05, 4.69) is 10.1 Å². The number of ketones is 1. The van der Waals surface area contributed by atoms with Crippen molar-refractivity contribution in [1.29, 1.82) is 0 Å². The Bertz CT molecular complexity index is 904. The molecule has 0 saturated carbocycles. The molecule has 1 aliphatic heterocycles. The van der Waals surface area contributed by atoms with Gasteiger partial charge in [-0.25, -0.2) is 13.1 Å². The van der Waals surface area contributed by atoms with Crippen molar-refractivity contribution in [3.63, 3.8) is 0 Å². The number of hydrogen-bond donors (Lipinski definition) is 0. The number of hydrogen-bond acceptors (Lipinski definition) is 5. The predicted molar refractivity (Wildman–Crippen MR) is 91.9 cm³/mol. The van der Waals surface area contributed by atoms with Crippen LogP contribution in [-0.2, 0) is 9.84 Å². The number of halogens is 1. The summed E-state index contributed by atoms with van der Waals surface area (Å²) in [6, 6.07) is 3.12. The van der Waals surface area contributed by atoms with Crippen LogP contribution < -0.4 is 0 Å². The van der Waals surface area contributed by atoms with Crippen LogP contribution in [0, 0.1) is 6.92 Å². The van der Waals surface area contributed by atoms with Crippen molar-refractivity contribution in [1.82, 2.24) is 14.8 Å². The molecular weight excluding hydrogens is 350 g/mol. The summed E-state index contributed by atoms with van der Waals surface area (Å²) in [4.78, 5) is 16.0. The molecule has 24 heavy (non-hydrogen) atoms. The fourth-order valence-corrected chi connectivity index (χ4v) is 4.76. The zero-order valence-electron chi connectivity index (χ0n) is 13.0. The van der Waals surface area contributed by atoms with Gasteiger partial charge >= 0.3 is 0 Å². The number of carbonyl (C=O) groups is 1. The monoisotopic (exact) mass is 365 g/mol. The molecule has 1 aliphatic rings. The lowest BCUT2D eigenvalue weighted by molar-refractivity contribution is 0.104. The molecule has 1 fully saturated rings. The summed E-state index contributed by atoms with van der Waals surface area (Å²) >= 11 is 6.36. The zero-order chi connectivity index (χ0) is 17.3. The Balaban J connectivity index is 1.85. The zero-order valence-corrected chi connectivity index (χ0v) is 14.6. The van der Waals surface area contributed by atoms with E-state index in [4.69, 9.17) is 11.6 Å². The fourth-order valence-electron chi connectivity index (χ4n) is 2.70. The van der Waals surface area contributed by atoms with Gasteiger partial charge in [0.15, 0.2) is 15.6 Å². The van der Waals surface area contributed by atoms with Gasteiger partial charge in [-0.05, 0) is 37.6 Å². The molecule has 0 aliphatic carbocycles. The lowest BCUT2D eigenvalue weighted by Crippen LogP contribution is -2.12. The van der Waals surface area contributed by atoms with Gasteiger partial charge in [-0.15, -0.1) is 0 Å². The largest absolute Gasteiger partial charge is 0.289 e. The van der Waals surface area contributed by atoms with Crippen molar-refractivity contribution in [2.75, 3.05) is 11.5 Å². The van der Waals surface area contributed by atoms with Crippen LogP contribution in [0.5, 0.6) is 0 Å². The second-order valence-electron chi connectivity index (χ2n) is 5.73. The van der Waals surface area contributed by atoms with Crippen LogP contribution >= 0.6 is 11.6 Å². The van der Waals surface area contributed by atoms with Crippen molar-refractivity contribution >= 4 is 33.3 Å². The van der Waals surface area contributed by atoms with Gasteiger partial charge in [-0.2, -0.15) is 5.10 Å². The molecule has 2 aromatic heterocycles. The molecule has 3 rings (SSSR count). The van der Waals surface area contributed by atoms with E-state index in [-0.39, 0.29) is 23.3 Å². The van der Waals surface area contributed by atoms with Gasteiger partial charge in [-0.3, -0.25) is 9.78 Å². The van der Waals surface area contributed by atoms with Gasteiger partial charge in [0.2, 0.25) is 0 Å². The number of allylic oxidation sites excluding steroid dienone is 1. The number of pyridine rings is 1. The number of aromatic nitrogens is 3. The quantitative estimate of drug-likeness (QED) is 0.614. The highest BCUT2D eigenvalue weighted by molar-refractivity contribution is 7.91. The van der Waals surface area contributed by atoms with Crippen molar-refractivity contribution < 1.29 is 13.2 Å². The first kappa shape index (κ1) is 16.9. The standard InChI is InChI=1S/C16H16ClN3O3S/c1-11-14(4-5-15(21)12-3-2-7-18-9-12)16(17)20(19-11)13-6-8-24(22,23)10-13/h2-5,7,9,13H,6,8,10H2,1H3/b5-4+/t13-/m1/s1. The van der Waals surface area contributed by atoms with Gasteiger partial charge < -0.3 is 0 Å². The molecule has 0 N–H and O–H groups in total. The first-order valence-electron chi connectivity index (χ1n) is 7.45. The predicted octanol–water partition coefficient (Wildman–Crippen LogP) is 2.50. The third-order valence-corrected chi connectivity index (χ3v) is 6.10. The summed E-state index contributed by atoms with van der Waals surface area (Å²) in [5.74, 6) is 0.0122.